The van der Waals surface area contributed by atoms with Gasteiger partial charge in [-0.2, -0.15) is 0 Å². The molecular formula is C17H37N. The fourth-order valence-corrected chi connectivity index (χ4v) is 2.84. The predicted octanol–water partition coefficient (Wildman–Crippen LogP) is 5.21. The van der Waals surface area contributed by atoms with Gasteiger partial charge in [0.2, 0.25) is 0 Å². The molecule has 0 aromatic carbocycles. The highest BCUT2D eigenvalue weighted by Crippen LogP contribution is 2.30. The number of hydrogen-bond acceptors (Lipinski definition) is 1. The first-order valence-corrected chi connectivity index (χ1v) is 8.48. The zero-order valence-corrected chi connectivity index (χ0v) is 13.8. The summed E-state index contributed by atoms with van der Waals surface area (Å²) in [7, 11) is 0. The quantitative estimate of drug-likeness (QED) is 0.669. The number of likely N-dealkylation sites (tertiary alicyclic amines) is 1. The minimum atomic E-state index is 0.904. The molecule has 110 valence electrons. The summed E-state index contributed by atoms with van der Waals surface area (Å²) in [5.74, 6) is 2.97. The molecule has 1 saturated heterocycles. The van der Waals surface area contributed by atoms with E-state index in [-0.39, 0.29) is 0 Å². The summed E-state index contributed by atoms with van der Waals surface area (Å²) in [5, 5.41) is 0. The molecule has 1 aliphatic carbocycles. The molecule has 0 atom stereocenters. The SMILES string of the molecule is CC.CC.CC(C)C1CCN(CC2CCC2)CC1. The zero-order chi connectivity index (χ0) is 14.0. The van der Waals surface area contributed by atoms with Crippen molar-refractivity contribution in [2.45, 2.75) is 73.6 Å². The highest BCUT2D eigenvalue weighted by atomic mass is 15.1. The normalized spacial score (nSPS) is 21.5. The number of hydrogen-bond donors (Lipinski definition) is 0. The molecule has 1 heterocycles. The van der Waals surface area contributed by atoms with Gasteiger partial charge in [0.25, 0.3) is 0 Å². The average molecular weight is 255 g/mol. The van der Waals surface area contributed by atoms with E-state index in [1.54, 1.807) is 0 Å². The predicted molar refractivity (Wildman–Crippen MR) is 84.0 cm³/mol. The Morgan fingerprint density at radius 2 is 1.39 bits per heavy atom. The average Bonchev–Trinajstić information content (AvgIpc) is 2.39. The molecule has 0 aromatic rings. The maximum absolute atomic E-state index is 2.71. The summed E-state index contributed by atoms with van der Waals surface area (Å²) < 4.78 is 0. The maximum Gasteiger partial charge on any atom is 0.000966 e. The molecular weight excluding hydrogens is 218 g/mol. The highest BCUT2D eigenvalue weighted by Gasteiger charge is 2.25. The van der Waals surface area contributed by atoms with Crippen LogP contribution < -0.4 is 0 Å². The molecule has 18 heavy (non-hydrogen) atoms. The Morgan fingerprint density at radius 1 is 0.889 bits per heavy atom. The van der Waals surface area contributed by atoms with Crippen molar-refractivity contribution in [1.29, 1.82) is 0 Å². The lowest BCUT2D eigenvalue weighted by Crippen LogP contribution is -2.39. The molecule has 0 bridgehead atoms. The van der Waals surface area contributed by atoms with E-state index in [0.717, 1.165) is 17.8 Å². The maximum atomic E-state index is 2.71. The van der Waals surface area contributed by atoms with Gasteiger partial charge in [-0.1, -0.05) is 48.0 Å². The Bertz CT molecular complexity index is 164. The van der Waals surface area contributed by atoms with Crippen LogP contribution in [0.5, 0.6) is 0 Å². The first kappa shape index (κ1) is 18.0. The Kier molecular flexibility index (Phi) is 10.8. The van der Waals surface area contributed by atoms with E-state index in [1.807, 2.05) is 27.7 Å². The van der Waals surface area contributed by atoms with Gasteiger partial charge < -0.3 is 4.90 Å². The number of rotatable bonds is 3. The largest absolute Gasteiger partial charge is 0.303 e. The molecule has 1 nitrogen and oxygen atoms in total. The monoisotopic (exact) mass is 255 g/mol. The van der Waals surface area contributed by atoms with E-state index < -0.39 is 0 Å². The topological polar surface area (TPSA) is 3.24 Å². The fourth-order valence-electron chi connectivity index (χ4n) is 2.84. The second kappa shape index (κ2) is 10.8. The van der Waals surface area contributed by atoms with Crippen LogP contribution in [0, 0.1) is 17.8 Å². The molecule has 0 aromatic heterocycles. The molecule has 0 N–H and O–H groups in total. The van der Waals surface area contributed by atoms with Gasteiger partial charge in [-0.25, -0.2) is 0 Å². The second-order valence-corrected chi connectivity index (χ2v) is 5.68. The third-order valence-electron chi connectivity index (χ3n) is 4.32. The van der Waals surface area contributed by atoms with Gasteiger partial charge >= 0.3 is 0 Å². The summed E-state index contributed by atoms with van der Waals surface area (Å²) in [6.07, 6.45) is 7.40. The summed E-state index contributed by atoms with van der Waals surface area (Å²) in [5.41, 5.74) is 0. The summed E-state index contributed by atoms with van der Waals surface area (Å²) in [4.78, 5) is 2.71. The number of nitrogens with zero attached hydrogens (tertiary/aromatic N) is 1. The molecule has 0 spiro atoms. The van der Waals surface area contributed by atoms with Crippen molar-refractivity contribution in [2.24, 2.45) is 17.8 Å². The van der Waals surface area contributed by atoms with Crippen LogP contribution >= 0.6 is 0 Å². The van der Waals surface area contributed by atoms with Crippen molar-refractivity contribution in [3.63, 3.8) is 0 Å². The van der Waals surface area contributed by atoms with Crippen molar-refractivity contribution in [2.75, 3.05) is 19.6 Å². The first-order chi connectivity index (χ1) is 8.75. The van der Waals surface area contributed by atoms with Crippen LogP contribution in [0.1, 0.15) is 73.6 Å². The van der Waals surface area contributed by atoms with Crippen molar-refractivity contribution < 1.29 is 0 Å². The summed E-state index contributed by atoms with van der Waals surface area (Å²) in [6, 6.07) is 0. The van der Waals surface area contributed by atoms with E-state index in [4.69, 9.17) is 0 Å². The molecule has 0 radical (unpaired) electrons. The van der Waals surface area contributed by atoms with Gasteiger partial charge in [0.1, 0.15) is 0 Å². The Balaban J connectivity index is 0.000000659. The van der Waals surface area contributed by atoms with Crippen LogP contribution in [0.3, 0.4) is 0 Å². The van der Waals surface area contributed by atoms with Crippen LogP contribution in [-0.2, 0) is 0 Å². The van der Waals surface area contributed by atoms with E-state index in [0.29, 0.717) is 0 Å². The minimum absolute atomic E-state index is 0.904. The van der Waals surface area contributed by atoms with Crippen LogP contribution in [0.15, 0.2) is 0 Å². The van der Waals surface area contributed by atoms with Gasteiger partial charge in [0.05, 0.1) is 0 Å². The van der Waals surface area contributed by atoms with E-state index in [2.05, 4.69) is 18.7 Å². The van der Waals surface area contributed by atoms with Crippen LogP contribution in [-0.4, -0.2) is 24.5 Å². The third-order valence-corrected chi connectivity index (χ3v) is 4.32. The molecule has 1 aliphatic heterocycles. The lowest BCUT2D eigenvalue weighted by molar-refractivity contribution is 0.117. The molecule has 2 aliphatic rings. The summed E-state index contributed by atoms with van der Waals surface area (Å²) >= 11 is 0. The van der Waals surface area contributed by atoms with Gasteiger partial charge in [-0.05, 0) is 56.5 Å². The van der Waals surface area contributed by atoms with Gasteiger partial charge in [-0.15, -0.1) is 0 Å². The molecule has 0 amide bonds. The molecule has 2 fully saturated rings. The highest BCUT2D eigenvalue weighted by molar-refractivity contribution is 4.78. The minimum Gasteiger partial charge on any atom is -0.303 e. The van der Waals surface area contributed by atoms with Gasteiger partial charge in [0.15, 0.2) is 0 Å². The Morgan fingerprint density at radius 3 is 1.72 bits per heavy atom. The smallest absolute Gasteiger partial charge is 0.000966 e. The molecule has 1 heteroatoms. The van der Waals surface area contributed by atoms with E-state index in [1.165, 1.54) is 51.7 Å². The van der Waals surface area contributed by atoms with Crippen LogP contribution in [0.4, 0.5) is 0 Å². The zero-order valence-electron chi connectivity index (χ0n) is 13.8. The van der Waals surface area contributed by atoms with E-state index >= 15 is 0 Å². The molecule has 2 rings (SSSR count). The van der Waals surface area contributed by atoms with E-state index in [9.17, 15) is 0 Å². The fraction of sp³-hybridized carbons (Fsp3) is 1.00. The third kappa shape index (κ3) is 6.22. The lowest BCUT2D eigenvalue weighted by atomic mass is 9.83. The van der Waals surface area contributed by atoms with Crippen molar-refractivity contribution >= 4 is 0 Å². The molecule has 0 unspecified atom stereocenters. The van der Waals surface area contributed by atoms with Crippen LogP contribution in [0.25, 0.3) is 0 Å². The van der Waals surface area contributed by atoms with Gasteiger partial charge in [0, 0.05) is 6.54 Å². The van der Waals surface area contributed by atoms with Crippen LogP contribution in [0.2, 0.25) is 0 Å². The van der Waals surface area contributed by atoms with Gasteiger partial charge in [-0.3, -0.25) is 0 Å². The second-order valence-electron chi connectivity index (χ2n) is 5.68. The lowest BCUT2D eigenvalue weighted by Gasteiger charge is -2.38. The summed E-state index contributed by atoms with van der Waals surface area (Å²) in [6.45, 7) is 16.9. The van der Waals surface area contributed by atoms with Crippen molar-refractivity contribution in [3.05, 3.63) is 0 Å². The standard InChI is InChI=1S/C13H25N.2C2H6/c1-11(2)13-6-8-14(9-7-13)10-12-4-3-5-12;2*1-2/h11-13H,3-10H2,1-2H3;2*1-2H3. The van der Waals surface area contributed by atoms with Crippen molar-refractivity contribution in [1.82, 2.24) is 4.90 Å². The Labute approximate surface area is 116 Å². The number of piperidine rings is 1. The van der Waals surface area contributed by atoms with Crippen molar-refractivity contribution in [3.8, 4) is 0 Å². The molecule has 1 saturated carbocycles. The Hall–Kier alpha value is -0.0400. The first-order valence-electron chi connectivity index (χ1n) is 8.48.